The largest absolute Gasteiger partial charge is 0.497 e. The number of imide groups is 1. The molecule has 4 amide bonds. The molecule has 0 aliphatic rings. The molecule has 0 saturated heterocycles. The zero-order valence-electron chi connectivity index (χ0n) is 17.9. The van der Waals surface area contributed by atoms with Crippen LogP contribution >= 0.6 is 0 Å². The van der Waals surface area contributed by atoms with Crippen molar-refractivity contribution in [1.82, 2.24) is 5.32 Å². The molecule has 0 aromatic heterocycles. The lowest BCUT2D eigenvalue weighted by Crippen LogP contribution is -2.45. The summed E-state index contributed by atoms with van der Waals surface area (Å²) in [5.41, 5.74) is 5.66. The summed E-state index contributed by atoms with van der Waals surface area (Å²) in [7, 11) is 1.53. The van der Waals surface area contributed by atoms with Crippen molar-refractivity contribution in [3.05, 3.63) is 54.1 Å². The topological polar surface area (TPSA) is 146 Å². The lowest BCUT2D eigenvalue weighted by Gasteiger charge is -2.19. The fraction of sp³-hybridized carbons (Fsp3) is 0.273. The molecule has 0 saturated carbocycles. The van der Waals surface area contributed by atoms with E-state index in [1.165, 1.54) is 31.4 Å². The molecule has 4 N–H and O–H groups in total. The predicted molar refractivity (Wildman–Crippen MR) is 115 cm³/mol. The molecule has 0 radical (unpaired) electrons. The molecule has 0 aliphatic carbocycles. The van der Waals surface area contributed by atoms with Crippen LogP contribution in [0, 0.1) is 5.92 Å². The Hall–Kier alpha value is -4.08. The minimum atomic E-state index is -1.19. The molecule has 1 unspecified atom stereocenters. The Balaban J connectivity index is 1.91. The number of hydrogen-bond acceptors (Lipinski definition) is 7. The molecule has 0 spiro atoms. The van der Waals surface area contributed by atoms with Crippen LogP contribution in [-0.4, -0.2) is 43.6 Å². The Morgan fingerprint density at radius 2 is 1.69 bits per heavy atom. The lowest BCUT2D eigenvalue weighted by atomic mass is 10.1. The summed E-state index contributed by atoms with van der Waals surface area (Å²) in [4.78, 5) is 47.3. The van der Waals surface area contributed by atoms with Gasteiger partial charge in [0.2, 0.25) is 0 Å². The van der Waals surface area contributed by atoms with Gasteiger partial charge in [0.05, 0.1) is 12.7 Å². The van der Waals surface area contributed by atoms with Crippen molar-refractivity contribution >= 4 is 29.5 Å². The number of carbonyl (C=O) groups is 4. The molecule has 10 nitrogen and oxygen atoms in total. The molecule has 0 heterocycles. The Bertz CT molecular complexity index is 974. The Morgan fingerprint density at radius 1 is 1.00 bits per heavy atom. The molecule has 1 atom stereocenters. The molecule has 0 aliphatic heterocycles. The highest BCUT2D eigenvalue weighted by molar-refractivity contribution is 5.98. The summed E-state index contributed by atoms with van der Waals surface area (Å²) in [6, 6.07) is 11.7. The number of primary amides is 1. The first-order valence-electron chi connectivity index (χ1n) is 9.67. The number of methoxy groups -OCH3 is 1. The Labute approximate surface area is 185 Å². The smallest absolute Gasteiger partial charge is 0.338 e. The summed E-state index contributed by atoms with van der Waals surface area (Å²) in [6.07, 6.45) is -1.19. The number of anilines is 1. The fourth-order valence-corrected chi connectivity index (χ4v) is 2.60. The zero-order chi connectivity index (χ0) is 23.7. The average Bonchev–Trinajstić information content (AvgIpc) is 2.75. The van der Waals surface area contributed by atoms with Gasteiger partial charge in [-0.1, -0.05) is 19.9 Å². The van der Waals surface area contributed by atoms with Crippen molar-refractivity contribution in [1.29, 1.82) is 0 Å². The second-order valence-corrected chi connectivity index (χ2v) is 7.02. The van der Waals surface area contributed by atoms with E-state index in [1.54, 1.807) is 38.1 Å². The van der Waals surface area contributed by atoms with Gasteiger partial charge in [0, 0.05) is 11.8 Å². The van der Waals surface area contributed by atoms with Gasteiger partial charge in [-0.05, 0) is 42.3 Å². The van der Waals surface area contributed by atoms with Gasteiger partial charge in [0.15, 0.2) is 12.7 Å². The van der Waals surface area contributed by atoms with E-state index in [1.807, 2.05) is 5.32 Å². The number of carbonyl (C=O) groups excluding carboxylic acids is 4. The number of ether oxygens (including phenoxy) is 3. The number of benzene rings is 2. The van der Waals surface area contributed by atoms with E-state index in [9.17, 15) is 19.2 Å². The summed E-state index contributed by atoms with van der Waals surface area (Å²) in [5, 5.41) is 4.58. The van der Waals surface area contributed by atoms with Gasteiger partial charge in [0.1, 0.15) is 11.5 Å². The molecule has 2 aromatic carbocycles. The number of rotatable bonds is 9. The van der Waals surface area contributed by atoms with Crippen LogP contribution in [0.15, 0.2) is 48.5 Å². The maximum Gasteiger partial charge on any atom is 0.338 e. The minimum absolute atomic E-state index is 0.163. The second kappa shape index (κ2) is 11.3. The van der Waals surface area contributed by atoms with E-state index in [4.69, 9.17) is 19.9 Å². The third kappa shape index (κ3) is 7.31. The number of urea groups is 1. The van der Waals surface area contributed by atoms with Crippen molar-refractivity contribution in [2.24, 2.45) is 11.7 Å². The molecule has 0 fully saturated rings. The van der Waals surface area contributed by atoms with Gasteiger partial charge < -0.3 is 25.3 Å². The quantitative estimate of drug-likeness (QED) is 0.503. The first kappa shape index (κ1) is 24.2. The van der Waals surface area contributed by atoms with Crippen LogP contribution in [0.1, 0.15) is 24.2 Å². The highest BCUT2D eigenvalue weighted by Crippen LogP contribution is 2.18. The fourth-order valence-electron chi connectivity index (χ4n) is 2.60. The highest BCUT2D eigenvalue weighted by atomic mass is 16.5. The van der Waals surface area contributed by atoms with Crippen LogP contribution < -0.4 is 25.8 Å². The van der Waals surface area contributed by atoms with Gasteiger partial charge in [0.25, 0.3) is 11.8 Å². The van der Waals surface area contributed by atoms with Crippen LogP contribution in [0.2, 0.25) is 0 Å². The minimum Gasteiger partial charge on any atom is -0.497 e. The van der Waals surface area contributed by atoms with Crippen LogP contribution in [0.3, 0.4) is 0 Å². The number of amides is 4. The molecule has 2 rings (SSSR count). The summed E-state index contributed by atoms with van der Waals surface area (Å²) in [5.74, 6) is -1.35. The van der Waals surface area contributed by atoms with E-state index in [-0.39, 0.29) is 24.0 Å². The van der Waals surface area contributed by atoms with E-state index in [2.05, 4.69) is 5.32 Å². The maximum absolute atomic E-state index is 12.3. The maximum atomic E-state index is 12.3. The molecule has 2 aromatic rings. The van der Waals surface area contributed by atoms with Gasteiger partial charge in [-0.2, -0.15) is 0 Å². The van der Waals surface area contributed by atoms with Crippen molar-refractivity contribution in [3.63, 3.8) is 0 Å². The summed E-state index contributed by atoms with van der Waals surface area (Å²) in [6.45, 7) is 3.07. The van der Waals surface area contributed by atoms with E-state index in [0.717, 1.165) is 0 Å². The first-order chi connectivity index (χ1) is 15.2. The Morgan fingerprint density at radius 3 is 2.28 bits per heavy atom. The SMILES string of the molecule is COc1cccc(NC(=O)COc2ccc(C(=O)OC(C(=O)NC(N)=O)C(C)C)cc2)c1. The highest BCUT2D eigenvalue weighted by Gasteiger charge is 2.27. The molecule has 10 heteroatoms. The van der Waals surface area contributed by atoms with Crippen molar-refractivity contribution in [3.8, 4) is 11.5 Å². The molecular weight excluding hydrogens is 418 g/mol. The van der Waals surface area contributed by atoms with Crippen molar-refractivity contribution in [2.45, 2.75) is 20.0 Å². The summed E-state index contributed by atoms with van der Waals surface area (Å²) >= 11 is 0. The zero-order valence-corrected chi connectivity index (χ0v) is 17.9. The molecule has 32 heavy (non-hydrogen) atoms. The monoisotopic (exact) mass is 443 g/mol. The standard InChI is InChI=1S/C22H25N3O7/c1-13(2)19(20(27)25-22(23)29)32-21(28)14-7-9-16(10-8-14)31-12-18(26)24-15-5-4-6-17(11-15)30-3/h4-11,13,19H,12H2,1-3H3,(H,24,26)(H3,23,25,27,29). The van der Waals surface area contributed by atoms with Crippen LogP contribution in [-0.2, 0) is 14.3 Å². The molecule has 0 bridgehead atoms. The number of esters is 1. The summed E-state index contributed by atoms with van der Waals surface area (Å²) < 4.78 is 15.7. The normalized spacial score (nSPS) is 11.2. The van der Waals surface area contributed by atoms with Crippen LogP contribution in [0.4, 0.5) is 10.5 Å². The van der Waals surface area contributed by atoms with E-state index >= 15 is 0 Å². The Kier molecular flexibility index (Phi) is 8.58. The van der Waals surface area contributed by atoms with Crippen molar-refractivity contribution < 1.29 is 33.4 Å². The van der Waals surface area contributed by atoms with Crippen molar-refractivity contribution in [2.75, 3.05) is 19.0 Å². The van der Waals surface area contributed by atoms with Crippen LogP contribution in [0.25, 0.3) is 0 Å². The van der Waals surface area contributed by atoms with Gasteiger partial charge in [-0.3, -0.25) is 14.9 Å². The molecular formula is C22H25N3O7. The second-order valence-electron chi connectivity index (χ2n) is 7.02. The van der Waals surface area contributed by atoms with Gasteiger partial charge in [-0.25, -0.2) is 9.59 Å². The third-order valence-corrected chi connectivity index (χ3v) is 4.16. The predicted octanol–water partition coefficient (Wildman–Crippen LogP) is 2.09. The lowest BCUT2D eigenvalue weighted by molar-refractivity contribution is -0.130. The number of nitrogens with two attached hydrogens (primary N) is 1. The van der Waals surface area contributed by atoms with E-state index < -0.39 is 24.0 Å². The number of hydrogen-bond donors (Lipinski definition) is 3. The van der Waals surface area contributed by atoms with Crippen LogP contribution in [0.5, 0.6) is 11.5 Å². The van der Waals surface area contributed by atoms with Gasteiger partial charge >= 0.3 is 12.0 Å². The van der Waals surface area contributed by atoms with Gasteiger partial charge in [-0.15, -0.1) is 0 Å². The first-order valence-corrected chi connectivity index (χ1v) is 9.67. The molecule has 170 valence electrons. The average molecular weight is 443 g/mol. The number of nitrogens with one attached hydrogen (secondary N) is 2. The van der Waals surface area contributed by atoms with E-state index in [0.29, 0.717) is 17.2 Å². The third-order valence-electron chi connectivity index (χ3n) is 4.16.